The van der Waals surface area contributed by atoms with Gasteiger partial charge in [-0.25, -0.2) is 0 Å². The van der Waals surface area contributed by atoms with Crippen LogP contribution in [0.15, 0.2) is 12.1 Å². The van der Waals surface area contributed by atoms with Crippen LogP contribution in [0, 0.1) is 10.1 Å². The Morgan fingerprint density at radius 3 is 2.24 bits per heavy atom. The third-order valence-electron chi connectivity index (χ3n) is 1.96. The Morgan fingerprint density at radius 2 is 1.88 bits per heavy atom. The van der Waals surface area contributed by atoms with Crippen LogP contribution in [0.5, 0.6) is 0 Å². The summed E-state index contributed by atoms with van der Waals surface area (Å²) in [5, 5.41) is 14.0. The fraction of sp³-hybridized carbons (Fsp3) is 0.400. The molecule has 94 valence electrons. The van der Waals surface area contributed by atoms with Crippen LogP contribution in [0.4, 0.5) is 11.4 Å². The maximum Gasteiger partial charge on any atom is 0.272 e. The summed E-state index contributed by atoms with van der Waals surface area (Å²) in [6.45, 7) is 4.13. The number of non-ortho nitro benzene ring substituents is 1. The maximum atomic E-state index is 10.6. The molecule has 1 aromatic rings. The van der Waals surface area contributed by atoms with Crippen molar-refractivity contribution in [2.24, 2.45) is 5.73 Å². The Labute approximate surface area is 109 Å². The van der Waals surface area contributed by atoms with Crippen molar-refractivity contribution in [2.45, 2.75) is 19.4 Å². The number of nitrogens with one attached hydrogen (secondary N) is 1. The van der Waals surface area contributed by atoms with Gasteiger partial charge in [-0.3, -0.25) is 10.1 Å². The Kier molecular flexibility index (Phi) is 4.19. The van der Waals surface area contributed by atoms with Gasteiger partial charge in [0, 0.05) is 24.2 Å². The summed E-state index contributed by atoms with van der Waals surface area (Å²) in [5.41, 5.74) is 5.68. The molecule has 0 aliphatic heterocycles. The molecule has 0 fully saturated rings. The number of nitrogens with two attached hydrogens (primary N) is 1. The van der Waals surface area contributed by atoms with Gasteiger partial charge >= 0.3 is 0 Å². The van der Waals surface area contributed by atoms with Gasteiger partial charge in [0.05, 0.1) is 20.7 Å². The van der Waals surface area contributed by atoms with Gasteiger partial charge in [-0.1, -0.05) is 23.2 Å². The Bertz CT molecular complexity index is 421. The van der Waals surface area contributed by atoms with Crippen LogP contribution in [-0.4, -0.2) is 17.0 Å². The lowest BCUT2D eigenvalue weighted by Gasteiger charge is -2.20. The highest BCUT2D eigenvalue weighted by Crippen LogP contribution is 2.34. The fourth-order valence-corrected chi connectivity index (χ4v) is 1.76. The van der Waals surface area contributed by atoms with Gasteiger partial charge in [-0.05, 0) is 13.8 Å². The Hall–Kier alpha value is -1.04. The van der Waals surface area contributed by atoms with Crippen molar-refractivity contribution in [1.82, 2.24) is 0 Å². The van der Waals surface area contributed by atoms with E-state index in [0.29, 0.717) is 12.2 Å². The molecule has 0 bridgehead atoms. The zero-order valence-corrected chi connectivity index (χ0v) is 11.0. The molecule has 0 saturated carbocycles. The third kappa shape index (κ3) is 4.03. The van der Waals surface area contributed by atoms with Crippen LogP contribution >= 0.6 is 23.2 Å². The summed E-state index contributed by atoms with van der Waals surface area (Å²) in [7, 11) is 0. The molecule has 0 aliphatic rings. The second-order valence-electron chi connectivity index (χ2n) is 4.38. The molecule has 0 aliphatic carbocycles. The first-order valence-corrected chi connectivity index (χ1v) is 5.62. The summed E-state index contributed by atoms with van der Waals surface area (Å²) in [4.78, 5) is 10.0. The molecule has 0 aromatic heterocycles. The molecule has 0 heterocycles. The molecular weight excluding hydrogens is 265 g/mol. The predicted molar refractivity (Wildman–Crippen MR) is 69.9 cm³/mol. The predicted octanol–water partition coefficient (Wildman–Crippen LogP) is 3.05. The van der Waals surface area contributed by atoms with Crippen molar-refractivity contribution >= 4 is 34.6 Å². The van der Waals surface area contributed by atoms with E-state index in [1.165, 1.54) is 12.1 Å². The summed E-state index contributed by atoms with van der Waals surface area (Å²) in [6.07, 6.45) is 0. The number of nitro benzene ring substituents is 1. The summed E-state index contributed by atoms with van der Waals surface area (Å²) < 4.78 is 0. The minimum atomic E-state index is -0.547. The van der Waals surface area contributed by atoms with Crippen LogP contribution in [-0.2, 0) is 0 Å². The zero-order chi connectivity index (χ0) is 13.2. The van der Waals surface area contributed by atoms with Crippen molar-refractivity contribution < 1.29 is 4.92 Å². The van der Waals surface area contributed by atoms with E-state index in [1.54, 1.807) is 0 Å². The first-order valence-electron chi connectivity index (χ1n) is 4.87. The molecule has 0 radical (unpaired) electrons. The molecule has 7 heteroatoms. The van der Waals surface area contributed by atoms with Gasteiger partial charge in [-0.2, -0.15) is 0 Å². The second-order valence-corrected chi connectivity index (χ2v) is 5.20. The lowest BCUT2D eigenvalue weighted by molar-refractivity contribution is -0.384. The van der Waals surface area contributed by atoms with E-state index in [9.17, 15) is 10.1 Å². The van der Waals surface area contributed by atoms with E-state index < -0.39 is 10.5 Å². The average Bonchev–Trinajstić information content (AvgIpc) is 2.14. The van der Waals surface area contributed by atoms with Gasteiger partial charge in [0.2, 0.25) is 0 Å². The number of nitro groups is 1. The van der Waals surface area contributed by atoms with Gasteiger partial charge in [0.1, 0.15) is 0 Å². The van der Waals surface area contributed by atoms with E-state index in [2.05, 4.69) is 5.32 Å². The Balaban J connectivity index is 2.98. The molecule has 0 atom stereocenters. The van der Waals surface area contributed by atoms with Crippen LogP contribution < -0.4 is 11.1 Å². The fourth-order valence-electron chi connectivity index (χ4n) is 1.15. The first-order chi connectivity index (χ1) is 7.70. The number of rotatable bonds is 4. The molecule has 1 rings (SSSR count). The monoisotopic (exact) mass is 277 g/mol. The molecule has 0 unspecified atom stereocenters. The number of anilines is 1. The summed E-state index contributed by atoms with van der Waals surface area (Å²) >= 11 is 11.8. The smallest absolute Gasteiger partial charge is 0.272 e. The van der Waals surface area contributed by atoms with Crippen LogP contribution in [0.25, 0.3) is 0 Å². The number of benzene rings is 1. The number of halogens is 2. The number of nitrogens with zero attached hydrogens (tertiary/aromatic N) is 1. The molecule has 5 nitrogen and oxygen atoms in total. The first kappa shape index (κ1) is 14.0. The number of hydrogen-bond donors (Lipinski definition) is 2. The van der Waals surface area contributed by atoms with Crippen LogP contribution in [0.1, 0.15) is 13.8 Å². The minimum absolute atomic E-state index is 0.141. The largest absolute Gasteiger partial charge is 0.381 e. The minimum Gasteiger partial charge on any atom is -0.381 e. The van der Waals surface area contributed by atoms with Crippen molar-refractivity contribution in [3.8, 4) is 0 Å². The lowest BCUT2D eigenvalue weighted by atomic mass is 10.1. The highest BCUT2D eigenvalue weighted by Gasteiger charge is 2.16. The zero-order valence-electron chi connectivity index (χ0n) is 9.46. The molecule has 0 amide bonds. The van der Waals surface area contributed by atoms with Gasteiger partial charge < -0.3 is 11.1 Å². The van der Waals surface area contributed by atoms with Gasteiger partial charge in [-0.15, -0.1) is 0 Å². The molecule has 3 N–H and O–H groups in total. The number of hydrogen-bond acceptors (Lipinski definition) is 4. The van der Waals surface area contributed by atoms with E-state index in [0.717, 1.165) is 0 Å². The quantitative estimate of drug-likeness (QED) is 0.655. The van der Waals surface area contributed by atoms with Gasteiger partial charge in [0.15, 0.2) is 0 Å². The van der Waals surface area contributed by atoms with Crippen molar-refractivity contribution in [1.29, 1.82) is 0 Å². The summed E-state index contributed by atoms with van der Waals surface area (Å²) in [5.74, 6) is 0. The van der Waals surface area contributed by atoms with Crippen molar-refractivity contribution in [3.63, 3.8) is 0 Å². The SMILES string of the molecule is CC(C)(N)CNc1c(Cl)cc([N+](=O)[O-])cc1Cl. The Morgan fingerprint density at radius 1 is 1.41 bits per heavy atom. The highest BCUT2D eigenvalue weighted by atomic mass is 35.5. The van der Waals surface area contributed by atoms with E-state index >= 15 is 0 Å². The van der Waals surface area contributed by atoms with E-state index in [-0.39, 0.29) is 15.7 Å². The second kappa shape index (κ2) is 5.08. The van der Waals surface area contributed by atoms with Gasteiger partial charge in [0.25, 0.3) is 5.69 Å². The average molecular weight is 278 g/mol. The van der Waals surface area contributed by atoms with E-state index in [4.69, 9.17) is 28.9 Å². The molecular formula is C10H13Cl2N3O2. The molecule has 1 aromatic carbocycles. The lowest BCUT2D eigenvalue weighted by Crippen LogP contribution is -2.39. The van der Waals surface area contributed by atoms with Crippen LogP contribution in [0.3, 0.4) is 0 Å². The highest BCUT2D eigenvalue weighted by molar-refractivity contribution is 6.39. The molecule has 0 spiro atoms. The normalized spacial score (nSPS) is 11.4. The van der Waals surface area contributed by atoms with Crippen LogP contribution in [0.2, 0.25) is 10.0 Å². The maximum absolute atomic E-state index is 10.6. The van der Waals surface area contributed by atoms with Crippen molar-refractivity contribution in [3.05, 3.63) is 32.3 Å². The standard InChI is InChI=1S/C10H13Cl2N3O2/c1-10(2,13)5-14-9-7(11)3-6(15(16)17)4-8(9)12/h3-4,14H,5,13H2,1-2H3. The van der Waals surface area contributed by atoms with Crippen molar-refractivity contribution in [2.75, 3.05) is 11.9 Å². The summed E-state index contributed by atoms with van der Waals surface area (Å²) in [6, 6.07) is 2.50. The molecule has 0 saturated heterocycles. The molecule has 17 heavy (non-hydrogen) atoms. The van der Waals surface area contributed by atoms with E-state index in [1.807, 2.05) is 13.8 Å². The third-order valence-corrected chi connectivity index (χ3v) is 2.55. The topological polar surface area (TPSA) is 81.2 Å².